The number of likely N-dealkylation sites (tertiary alicyclic amines) is 1. The molecule has 0 radical (unpaired) electrons. The first-order valence-corrected chi connectivity index (χ1v) is 8.34. The third kappa shape index (κ3) is 4.82. The van der Waals surface area contributed by atoms with Crippen LogP contribution in [0.2, 0.25) is 0 Å². The summed E-state index contributed by atoms with van der Waals surface area (Å²) in [4.78, 5) is 22.2. The van der Waals surface area contributed by atoms with Crippen molar-refractivity contribution in [3.05, 3.63) is 48.3 Å². The van der Waals surface area contributed by atoms with Crippen LogP contribution in [0.4, 0.5) is 4.79 Å². The Morgan fingerprint density at radius 2 is 1.88 bits per heavy atom. The molecular formula is C18H22N4O3. The van der Waals surface area contributed by atoms with E-state index in [9.17, 15) is 4.79 Å². The van der Waals surface area contributed by atoms with Crippen LogP contribution in [0.5, 0.6) is 11.8 Å². The summed E-state index contributed by atoms with van der Waals surface area (Å²) in [5.41, 5.74) is 1.04. The first-order chi connectivity index (χ1) is 12.2. The van der Waals surface area contributed by atoms with Crippen molar-refractivity contribution in [3.8, 4) is 11.8 Å². The molecule has 3 rings (SSSR count). The standard InChI is InChI=1S/C18H22N4O3/c1-24-15-5-3-14(4-6-15)13-21-18(23)22-11-7-16(8-12-22)25-17-19-9-2-10-20-17/h2-6,9-10,16H,7-8,11-13H2,1H3,(H,21,23). The van der Waals surface area contributed by atoms with E-state index < -0.39 is 0 Å². The molecule has 7 heteroatoms. The van der Waals surface area contributed by atoms with Crippen LogP contribution in [-0.4, -0.2) is 47.2 Å². The van der Waals surface area contributed by atoms with E-state index in [4.69, 9.17) is 9.47 Å². The Morgan fingerprint density at radius 3 is 2.52 bits per heavy atom. The van der Waals surface area contributed by atoms with Crippen molar-refractivity contribution in [2.45, 2.75) is 25.5 Å². The quantitative estimate of drug-likeness (QED) is 0.902. The van der Waals surface area contributed by atoms with E-state index in [-0.39, 0.29) is 12.1 Å². The van der Waals surface area contributed by atoms with Crippen LogP contribution >= 0.6 is 0 Å². The zero-order chi connectivity index (χ0) is 17.5. The number of hydrogen-bond donors (Lipinski definition) is 1. The lowest BCUT2D eigenvalue weighted by Crippen LogP contribution is -2.46. The number of aromatic nitrogens is 2. The summed E-state index contributed by atoms with van der Waals surface area (Å²) in [6, 6.07) is 9.75. The normalized spacial score (nSPS) is 14.8. The molecule has 0 atom stereocenters. The van der Waals surface area contributed by atoms with Gasteiger partial charge in [0, 0.05) is 44.9 Å². The van der Waals surface area contributed by atoms with E-state index in [0.717, 1.165) is 24.2 Å². The van der Waals surface area contributed by atoms with Crippen LogP contribution in [0, 0.1) is 0 Å². The van der Waals surface area contributed by atoms with E-state index in [1.54, 1.807) is 25.6 Å². The number of amides is 2. The Labute approximate surface area is 147 Å². The molecule has 1 aliphatic heterocycles. The van der Waals surface area contributed by atoms with Crippen molar-refractivity contribution >= 4 is 6.03 Å². The largest absolute Gasteiger partial charge is 0.497 e. The molecule has 1 aromatic carbocycles. The lowest BCUT2D eigenvalue weighted by atomic mass is 10.1. The molecule has 25 heavy (non-hydrogen) atoms. The van der Waals surface area contributed by atoms with E-state index >= 15 is 0 Å². The topological polar surface area (TPSA) is 76.6 Å². The first-order valence-electron chi connectivity index (χ1n) is 8.34. The molecule has 2 heterocycles. The molecule has 1 N–H and O–H groups in total. The molecule has 0 saturated carbocycles. The van der Waals surface area contributed by atoms with Crippen molar-refractivity contribution in [3.63, 3.8) is 0 Å². The summed E-state index contributed by atoms with van der Waals surface area (Å²) >= 11 is 0. The van der Waals surface area contributed by atoms with E-state index in [1.165, 1.54) is 0 Å². The fraction of sp³-hybridized carbons (Fsp3) is 0.389. The van der Waals surface area contributed by atoms with Gasteiger partial charge in [0.1, 0.15) is 11.9 Å². The molecule has 0 bridgehead atoms. The number of piperidine rings is 1. The van der Waals surface area contributed by atoms with Gasteiger partial charge in [-0.2, -0.15) is 0 Å². The molecule has 7 nitrogen and oxygen atoms in total. The maximum atomic E-state index is 12.3. The van der Waals surface area contributed by atoms with Gasteiger partial charge >= 0.3 is 12.0 Å². The maximum Gasteiger partial charge on any atom is 0.317 e. The second-order valence-electron chi connectivity index (χ2n) is 5.84. The van der Waals surface area contributed by atoms with Gasteiger partial charge in [0.25, 0.3) is 0 Å². The molecule has 0 aliphatic carbocycles. The average molecular weight is 342 g/mol. The van der Waals surface area contributed by atoms with Crippen LogP contribution in [0.3, 0.4) is 0 Å². The average Bonchev–Trinajstić information content (AvgIpc) is 2.68. The molecule has 0 unspecified atom stereocenters. The highest BCUT2D eigenvalue weighted by Gasteiger charge is 2.24. The highest BCUT2D eigenvalue weighted by molar-refractivity contribution is 5.74. The summed E-state index contributed by atoms with van der Waals surface area (Å²) < 4.78 is 10.9. The van der Waals surface area contributed by atoms with Crippen molar-refractivity contribution < 1.29 is 14.3 Å². The summed E-state index contributed by atoms with van der Waals surface area (Å²) in [6.45, 7) is 1.81. The van der Waals surface area contributed by atoms with E-state index in [2.05, 4.69) is 15.3 Å². The van der Waals surface area contributed by atoms with Gasteiger partial charge in [-0.1, -0.05) is 12.1 Å². The summed E-state index contributed by atoms with van der Waals surface area (Å²) in [6.07, 6.45) is 4.91. The van der Waals surface area contributed by atoms with Crippen LogP contribution in [0.1, 0.15) is 18.4 Å². The molecule has 1 aromatic heterocycles. The second kappa shape index (κ2) is 8.32. The molecule has 1 saturated heterocycles. The highest BCUT2D eigenvalue weighted by Crippen LogP contribution is 2.16. The van der Waals surface area contributed by atoms with Crippen LogP contribution in [-0.2, 0) is 6.54 Å². The first kappa shape index (κ1) is 17.0. The van der Waals surface area contributed by atoms with Gasteiger partial charge in [-0.05, 0) is 23.8 Å². The minimum atomic E-state index is -0.0507. The number of rotatable bonds is 5. The molecule has 2 amide bonds. The number of benzene rings is 1. The third-order valence-corrected chi connectivity index (χ3v) is 4.15. The number of nitrogens with one attached hydrogen (secondary N) is 1. The summed E-state index contributed by atoms with van der Waals surface area (Å²) in [5.74, 6) is 0.805. The summed E-state index contributed by atoms with van der Waals surface area (Å²) in [5, 5.41) is 2.95. The van der Waals surface area contributed by atoms with Crippen molar-refractivity contribution in [2.24, 2.45) is 0 Å². The number of ether oxygens (including phenoxy) is 2. The van der Waals surface area contributed by atoms with Gasteiger partial charge in [0.2, 0.25) is 0 Å². The van der Waals surface area contributed by atoms with Crippen LogP contribution < -0.4 is 14.8 Å². The molecule has 1 aliphatic rings. The van der Waals surface area contributed by atoms with Gasteiger partial charge in [0.15, 0.2) is 0 Å². The monoisotopic (exact) mass is 342 g/mol. The van der Waals surface area contributed by atoms with Crippen molar-refractivity contribution in [1.29, 1.82) is 0 Å². The predicted molar refractivity (Wildman–Crippen MR) is 92.5 cm³/mol. The van der Waals surface area contributed by atoms with E-state index in [0.29, 0.717) is 25.6 Å². The lowest BCUT2D eigenvalue weighted by molar-refractivity contribution is 0.103. The number of carbonyl (C=O) groups excluding carboxylic acids is 1. The number of hydrogen-bond acceptors (Lipinski definition) is 5. The molecule has 1 fully saturated rings. The SMILES string of the molecule is COc1ccc(CNC(=O)N2CCC(Oc3ncccn3)CC2)cc1. The Bertz CT molecular complexity index is 670. The van der Waals surface area contributed by atoms with Crippen molar-refractivity contribution in [1.82, 2.24) is 20.2 Å². The molecule has 2 aromatic rings. The predicted octanol–water partition coefficient (Wildman–Crippen LogP) is 2.24. The number of nitrogens with zero attached hydrogens (tertiary/aromatic N) is 3. The van der Waals surface area contributed by atoms with Gasteiger partial charge < -0.3 is 19.7 Å². The number of carbonyl (C=O) groups is 1. The Hall–Kier alpha value is -2.83. The van der Waals surface area contributed by atoms with Gasteiger partial charge in [0.05, 0.1) is 7.11 Å². The van der Waals surface area contributed by atoms with Gasteiger partial charge in [-0.25, -0.2) is 14.8 Å². The third-order valence-electron chi connectivity index (χ3n) is 4.15. The maximum absolute atomic E-state index is 12.3. The van der Waals surface area contributed by atoms with Crippen LogP contribution in [0.15, 0.2) is 42.7 Å². The fourth-order valence-corrected chi connectivity index (χ4v) is 2.70. The van der Waals surface area contributed by atoms with Crippen LogP contribution in [0.25, 0.3) is 0 Å². The lowest BCUT2D eigenvalue weighted by Gasteiger charge is -2.31. The Morgan fingerprint density at radius 1 is 1.20 bits per heavy atom. The second-order valence-corrected chi connectivity index (χ2v) is 5.84. The zero-order valence-electron chi connectivity index (χ0n) is 14.2. The van der Waals surface area contributed by atoms with Crippen molar-refractivity contribution in [2.75, 3.05) is 20.2 Å². The zero-order valence-corrected chi connectivity index (χ0v) is 14.2. The minimum Gasteiger partial charge on any atom is -0.497 e. The number of methoxy groups -OCH3 is 1. The van der Waals surface area contributed by atoms with Gasteiger partial charge in [-0.15, -0.1) is 0 Å². The molecular weight excluding hydrogens is 320 g/mol. The summed E-state index contributed by atoms with van der Waals surface area (Å²) in [7, 11) is 1.63. The van der Waals surface area contributed by atoms with E-state index in [1.807, 2.05) is 29.2 Å². The molecule has 132 valence electrons. The molecule has 0 spiro atoms. The smallest absolute Gasteiger partial charge is 0.317 e. The Kier molecular flexibility index (Phi) is 5.66. The Balaban J connectivity index is 1.41. The minimum absolute atomic E-state index is 0.0491. The number of urea groups is 1. The van der Waals surface area contributed by atoms with Gasteiger partial charge in [-0.3, -0.25) is 0 Å². The highest BCUT2D eigenvalue weighted by atomic mass is 16.5. The fourth-order valence-electron chi connectivity index (χ4n) is 2.70.